The van der Waals surface area contributed by atoms with Gasteiger partial charge in [-0.15, -0.1) is 0 Å². The quantitative estimate of drug-likeness (QED) is 0.897. The van der Waals surface area contributed by atoms with Gasteiger partial charge in [-0.1, -0.05) is 11.6 Å². The molecule has 2 rings (SSSR count). The first kappa shape index (κ1) is 13.2. The molecule has 0 spiro atoms. The van der Waals surface area contributed by atoms with Crippen molar-refractivity contribution in [3.63, 3.8) is 0 Å². The third kappa shape index (κ3) is 2.94. The first-order chi connectivity index (χ1) is 8.60. The van der Waals surface area contributed by atoms with Crippen LogP contribution in [-0.2, 0) is 0 Å². The Kier molecular flexibility index (Phi) is 4.09. The van der Waals surface area contributed by atoms with E-state index in [0.29, 0.717) is 5.02 Å². The lowest BCUT2D eigenvalue weighted by atomic mass is 10.2. The molecule has 1 heterocycles. The van der Waals surface area contributed by atoms with Gasteiger partial charge in [0.25, 0.3) is 0 Å². The van der Waals surface area contributed by atoms with E-state index in [1.807, 2.05) is 25.1 Å². The maximum atomic E-state index is 5.98. The number of halogens is 2. The number of nitrogens with zero attached hydrogens (tertiary/aromatic N) is 1. The van der Waals surface area contributed by atoms with Crippen molar-refractivity contribution in [3.05, 3.63) is 45.7 Å². The topological polar surface area (TPSA) is 34.1 Å². The Morgan fingerprint density at radius 1 is 1.33 bits per heavy atom. The smallest absolute Gasteiger partial charge is 0.142 e. The van der Waals surface area contributed by atoms with Gasteiger partial charge in [0, 0.05) is 9.50 Å². The number of methoxy groups -OCH3 is 1. The summed E-state index contributed by atoms with van der Waals surface area (Å²) in [6, 6.07) is 7.38. The van der Waals surface area contributed by atoms with Crippen LogP contribution in [-0.4, -0.2) is 12.1 Å². The van der Waals surface area contributed by atoms with Crippen molar-refractivity contribution in [3.8, 4) is 5.75 Å². The number of rotatable bonds is 3. The van der Waals surface area contributed by atoms with Crippen LogP contribution in [0.5, 0.6) is 5.75 Å². The second kappa shape index (κ2) is 5.59. The van der Waals surface area contributed by atoms with Crippen LogP contribution in [0.3, 0.4) is 0 Å². The summed E-state index contributed by atoms with van der Waals surface area (Å²) in [6.07, 6.45) is 1.76. The highest BCUT2D eigenvalue weighted by Gasteiger charge is 2.05. The first-order valence-corrected chi connectivity index (χ1v) is 6.50. The molecule has 0 aliphatic carbocycles. The van der Waals surface area contributed by atoms with E-state index in [2.05, 4.69) is 26.2 Å². The van der Waals surface area contributed by atoms with E-state index in [9.17, 15) is 0 Å². The summed E-state index contributed by atoms with van der Waals surface area (Å²) in [5.74, 6) is 0.732. The van der Waals surface area contributed by atoms with Crippen molar-refractivity contribution < 1.29 is 4.74 Å². The monoisotopic (exact) mass is 326 g/mol. The number of aryl methyl sites for hydroxylation is 1. The van der Waals surface area contributed by atoms with E-state index in [0.717, 1.165) is 27.3 Å². The van der Waals surface area contributed by atoms with Crippen LogP contribution >= 0.6 is 27.5 Å². The molecule has 1 aromatic heterocycles. The van der Waals surface area contributed by atoms with Gasteiger partial charge in [0.15, 0.2) is 0 Å². The van der Waals surface area contributed by atoms with Gasteiger partial charge in [0.1, 0.15) is 5.75 Å². The molecule has 3 nitrogen and oxygen atoms in total. The third-order valence-corrected chi connectivity index (χ3v) is 3.50. The van der Waals surface area contributed by atoms with E-state index in [-0.39, 0.29) is 0 Å². The van der Waals surface area contributed by atoms with Gasteiger partial charge in [0.05, 0.1) is 30.4 Å². The molecule has 0 bridgehead atoms. The van der Waals surface area contributed by atoms with Crippen molar-refractivity contribution >= 4 is 38.9 Å². The molecule has 5 heteroatoms. The molecule has 1 N–H and O–H groups in total. The fourth-order valence-corrected chi connectivity index (χ4v) is 2.03. The van der Waals surface area contributed by atoms with Crippen molar-refractivity contribution in [1.29, 1.82) is 0 Å². The lowest BCUT2D eigenvalue weighted by molar-refractivity contribution is 0.417. The lowest BCUT2D eigenvalue weighted by Crippen LogP contribution is -1.96. The Labute approximate surface area is 119 Å². The number of nitrogens with one attached hydrogen (secondary N) is 1. The van der Waals surface area contributed by atoms with E-state index >= 15 is 0 Å². The van der Waals surface area contributed by atoms with Gasteiger partial charge < -0.3 is 10.1 Å². The van der Waals surface area contributed by atoms with Crippen molar-refractivity contribution in [2.45, 2.75) is 6.92 Å². The molecule has 0 atom stereocenters. The molecule has 18 heavy (non-hydrogen) atoms. The van der Waals surface area contributed by atoms with Crippen LogP contribution in [0.1, 0.15) is 5.69 Å². The van der Waals surface area contributed by atoms with Gasteiger partial charge in [-0.05, 0) is 47.1 Å². The largest absolute Gasteiger partial charge is 0.495 e. The highest BCUT2D eigenvalue weighted by molar-refractivity contribution is 9.10. The maximum Gasteiger partial charge on any atom is 0.142 e. The minimum atomic E-state index is 0.650. The second-order valence-corrected chi connectivity index (χ2v) is 5.05. The number of hydrogen-bond acceptors (Lipinski definition) is 3. The summed E-state index contributed by atoms with van der Waals surface area (Å²) < 4.78 is 6.23. The molecule has 0 radical (unpaired) electrons. The van der Waals surface area contributed by atoms with Crippen LogP contribution in [0, 0.1) is 6.92 Å². The van der Waals surface area contributed by atoms with Crippen LogP contribution in [0.4, 0.5) is 11.4 Å². The van der Waals surface area contributed by atoms with E-state index in [4.69, 9.17) is 16.3 Å². The molecule has 0 unspecified atom stereocenters. The zero-order valence-corrected chi connectivity index (χ0v) is 12.3. The number of benzene rings is 1. The Hall–Kier alpha value is -1.26. The summed E-state index contributed by atoms with van der Waals surface area (Å²) >= 11 is 9.43. The first-order valence-electron chi connectivity index (χ1n) is 5.33. The normalized spacial score (nSPS) is 10.2. The molecule has 0 amide bonds. The molecule has 0 saturated carbocycles. The Bertz CT molecular complexity index is 575. The van der Waals surface area contributed by atoms with Gasteiger partial charge in [-0.25, -0.2) is 0 Å². The summed E-state index contributed by atoms with van der Waals surface area (Å²) in [5.41, 5.74) is 2.62. The van der Waals surface area contributed by atoms with Crippen LogP contribution < -0.4 is 10.1 Å². The van der Waals surface area contributed by atoms with Gasteiger partial charge >= 0.3 is 0 Å². The van der Waals surface area contributed by atoms with Crippen LogP contribution in [0.2, 0.25) is 5.02 Å². The number of aromatic nitrogens is 1. The molecule has 94 valence electrons. The zero-order valence-electron chi connectivity index (χ0n) is 10.00. The Balaban J connectivity index is 2.33. The summed E-state index contributed by atoms with van der Waals surface area (Å²) in [7, 11) is 1.62. The highest BCUT2D eigenvalue weighted by atomic mass is 79.9. The average molecular weight is 328 g/mol. The second-order valence-electron chi connectivity index (χ2n) is 3.76. The fraction of sp³-hybridized carbons (Fsp3) is 0.154. The SMILES string of the molecule is COc1ccc(Cl)cc1Nc1cnc(C)c(Br)c1. The van der Waals surface area contributed by atoms with Crippen molar-refractivity contribution in [1.82, 2.24) is 4.98 Å². The van der Waals surface area contributed by atoms with Gasteiger partial charge in [-0.2, -0.15) is 0 Å². The molecule has 0 fully saturated rings. The van der Waals surface area contributed by atoms with Crippen molar-refractivity contribution in [2.24, 2.45) is 0 Å². The summed E-state index contributed by atoms with van der Waals surface area (Å²) in [4.78, 5) is 4.27. The third-order valence-electron chi connectivity index (χ3n) is 2.47. The van der Waals surface area contributed by atoms with Gasteiger partial charge in [-0.3, -0.25) is 4.98 Å². The molecule has 2 aromatic rings. The minimum absolute atomic E-state index is 0.650. The summed E-state index contributed by atoms with van der Waals surface area (Å²) in [6.45, 7) is 1.94. The fourth-order valence-electron chi connectivity index (χ4n) is 1.51. The van der Waals surface area contributed by atoms with Crippen molar-refractivity contribution in [2.75, 3.05) is 12.4 Å². The number of anilines is 2. The Morgan fingerprint density at radius 2 is 2.11 bits per heavy atom. The highest BCUT2D eigenvalue weighted by Crippen LogP contribution is 2.31. The predicted octanol–water partition coefficient (Wildman–Crippen LogP) is 4.56. The predicted molar refractivity (Wildman–Crippen MR) is 78.0 cm³/mol. The number of hydrogen-bond donors (Lipinski definition) is 1. The molecule has 0 aliphatic heterocycles. The lowest BCUT2D eigenvalue weighted by Gasteiger charge is -2.12. The number of pyridine rings is 1. The molecular formula is C13H12BrClN2O. The van der Waals surface area contributed by atoms with Crippen LogP contribution in [0.25, 0.3) is 0 Å². The molecule has 0 saturated heterocycles. The van der Waals surface area contributed by atoms with E-state index < -0.39 is 0 Å². The Morgan fingerprint density at radius 3 is 2.78 bits per heavy atom. The molecular weight excluding hydrogens is 316 g/mol. The summed E-state index contributed by atoms with van der Waals surface area (Å²) in [5, 5.41) is 3.88. The molecule has 0 aliphatic rings. The maximum absolute atomic E-state index is 5.98. The van der Waals surface area contributed by atoms with Crippen LogP contribution in [0.15, 0.2) is 34.9 Å². The molecule has 1 aromatic carbocycles. The minimum Gasteiger partial charge on any atom is -0.495 e. The average Bonchev–Trinajstić information content (AvgIpc) is 2.34. The zero-order chi connectivity index (χ0) is 13.1. The number of ether oxygens (including phenoxy) is 1. The van der Waals surface area contributed by atoms with Gasteiger partial charge in [0.2, 0.25) is 0 Å². The van der Waals surface area contributed by atoms with E-state index in [1.54, 1.807) is 19.4 Å². The standard InChI is InChI=1S/C13H12BrClN2O/c1-8-11(14)6-10(7-16-8)17-12-5-9(15)3-4-13(12)18-2/h3-7,17H,1-2H3. The van der Waals surface area contributed by atoms with E-state index in [1.165, 1.54) is 0 Å².